The fourth-order valence-electron chi connectivity index (χ4n) is 6.91. The van der Waals surface area contributed by atoms with Gasteiger partial charge in [-0.2, -0.15) is 0 Å². The minimum Gasteiger partial charge on any atom is -0.346 e. The van der Waals surface area contributed by atoms with Gasteiger partial charge in [0.05, 0.1) is 12.1 Å². The highest BCUT2D eigenvalue weighted by Crippen LogP contribution is 2.65. The number of hydrogen-bond acceptors (Lipinski definition) is 7. The van der Waals surface area contributed by atoms with Crippen molar-refractivity contribution in [1.82, 2.24) is 31.1 Å². The second-order valence-electron chi connectivity index (χ2n) is 16.2. The zero-order chi connectivity index (χ0) is 36.4. The Hall–Kier alpha value is -3.77. The highest BCUT2D eigenvalue weighted by atomic mass is 16.2. The SMILES string of the molecule is C=CCNC(=O)C(=O)C(CCC)NC(=O)[C@@H]1[C@@H]2[C@H](CN1C(=O)[C@@H](NC(=O)N[C@H](CN1C(=O)CCCC1=O)C(C)(C)C)C(C)(C)C)C2(C)C. The summed E-state index contributed by atoms with van der Waals surface area (Å²) in [7, 11) is 0. The molecular weight excluding hydrogens is 616 g/mol. The number of nitrogens with zero attached hydrogens (tertiary/aromatic N) is 2. The molecule has 3 fully saturated rings. The van der Waals surface area contributed by atoms with Crippen LogP contribution < -0.4 is 21.3 Å². The Labute approximate surface area is 284 Å². The molecule has 0 aromatic rings. The molecule has 0 aromatic heterocycles. The largest absolute Gasteiger partial charge is 0.346 e. The molecule has 3 aliphatic rings. The van der Waals surface area contributed by atoms with Crippen molar-refractivity contribution in [1.29, 1.82) is 0 Å². The van der Waals surface area contributed by atoms with Gasteiger partial charge in [0.1, 0.15) is 12.1 Å². The molecule has 2 aliphatic heterocycles. The number of ketones is 1. The number of piperidine rings is 2. The lowest BCUT2D eigenvalue weighted by Crippen LogP contribution is -2.63. The van der Waals surface area contributed by atoms with Crippen LogP contribution in [0.4, 0.5) is 4.79 Å². The van der Waals surface area contributed by atoms with Gasteiger partial charge in [-0.05, 0) is 40.9 Å². The van der Waals surface area contributed by atoms with E-state index in [1.807, 2.05) is 62.3 Å². The number of rotatable bonds is 13. The molecule has 2 saturated heterocycles. The molecule has 268 valence electrons. The van der Waals surface area contributed by atoms with Crippen LogP contribution in [0, 0.1) is 28.1 Å². The molecule has 1 unspecified atom stereocenters. The summed E-state index contributed by atoms with van der Waals surface area (Å²) < 4.78 is 0. The van der Waals surface area contributed by atoms with Crippen LogP contribution in [0.2, 0.25) is 0 Å². The number of likely N-dealkylation sites (tertiary alicyclic amines) is 2. The molecule has 48 heavy (non-hydrogen) atoms. The Balaban J connectivity index is 1.82. The van der Waals surface area contributed by atoms with E-state index < -0.39 is 64.5 Å². The predicted octanol–water partition coefficient (Wildman–Crippen LogP) is 2.29. The van der Waals surface area contributed by atoms with Crippen LogP contribution in [-0.4, -0.2) is 95.0 Å². The molecule has 13 nitrogen and oxygen atoms in total. The van der Waals surface area contributed by atoms with E-state index in [2.05, 4.69) is 27.8 Å². The van der Waals surface area contributed by atoms with E-state index in [9.17, 15) is 33.6 Å². The van der Waals surface area contributed by atoms with Gasteiger partial charge in [0.15, 0.2) is 0 Å². The monoisotopic (exact) mass is 672 g/mol. The number of Topliss-reactive ketones (excluding diaryl/α,β-unsaturated/α-hetero) is 1. The van der Waals surface area contributed by atoms with Gasteiger partial charge in [-0.1, -0.05) is 74.8 Å². The second kappa shape index (κ2) is 14.8. The number of nitrogens with one attached hydrogen (secondary N) is 4. The second-order valence-corrected chi connectivity index (χ2v) is 16.2. The van der Waals surface area contributed by atoms with E-state index in [0.29, 0.717) is 19.4 Å². The third-order valence-electron chi connectivity index (χ3n) is 10.1. The lowest BCUT2D eigenvalue weighted by molar-refractivity contribution is -0.148. The molecule has 6 atom stereocenters. The van der Waals surface area contributed by atoms with Crippen LogP contribution in [0.1, 0.15) is 94.4 Å². The van der Waals surface area contributed by atoms with Crippen molar-refractivity contribution in [3.05, 3.63) is 12.7 Å². The van der Waals surface area contributed by atoms with E-state index in [1.54, 1.807) is 0 Å². The standard InChI is InChI=1S/C35H56N6O7/c1-11-14-21(27(44)30(46)36-17-12-2)37-29(45)26-25-20(35(25,9)10)18-41(26)31(47)28(34(6,7)8)39-32(48)38-22(33(3,4)5)19-40-23(42)15-13-16-24(40)43/h12,20-22,25-26,28H,2,11,13-19H2,1,3-10H3,(H,36,46)(H,37,45)(H2,38,39,48)/t20-,21?,22+,25-,26-,28+/m0/s1. The molecule has 4 N–H and O–H groups in total. The molecular formula is C35H56N6O7. The summed E-state index contributed by atoms with van der Waals surface area (Å²) in [6.45, 7) is 21.0. The quantitative estimate of drug-likeness (QED) is 0.132. The van der Waals surface area contributed by atoms with Crippen molar-refractivity contribution >= 4 is 41.4 Å². The number of hydrogen-bond donors (Lipinski definition) is 4. The van der Waals surface area contributed by atoms with Crippen molar-refractivity contribution < 1.29 is 33.6 Å². The normalized spacial score (nSPS) is 23.7. The zero-order valence-electron chi connectivity index (χ0n) is 30.2. The lowest BCUT2D eigenvalue weighted by atomic mass is 9.84. The minimum atomic E-state index is -1.06. The van der Waals surface area contributed by atoms with Crippen LogP contribution in [0.25, 0.3) is 0 Å². The molecule has 3 rings (SSSR count). The molecule has 1 aliphatic carbocycles. The third kappa shape index (κ3) is 8.63. The van der Waals surface area contributed by atoms with Gasteiger partial charge in [0.2, 0.25) is 29.4 Å². The summed E-state index contributed by atoms with van der Waals surface area (Å²) in [6.07, 6.45) is 3.29. The van der Waals surface area contributed by atoms with E-state index in [-0.39, 0.29) is 61.4 Å². The number of urea groups is 1. The topological polar surface area (TPSA) is 174 Å². The molecule has 0 spiro atoms. The number of carbonyl (C=O) groups excluding carboxylic acids is 7. The van der Waals surface area contributed by atoms with Crippen LogP contribution in [0.3, 0.4) is 0 Å². The summed E-state index contributed by atoms with van der Waals surface area (Å²) in [4.78, 5) is 95.0. The van der Waals surface area contributed by atoms with Gasteiger partial charge in [-0.25, -0.2) is 4.79 Å². The Morgan fingerprint density at radius 1 is 0.958 bits per heavy atom. The Morgan fingerprint density at radius 2 is 1.56 bits per heavy atom. The number of imide groups is 1. The number of carbonyl (C=O) groups is 7. The van der Waals surface area contributed by atoms with Gasteiger partial charge < -0.3 is 26.2 Å². The summed E-state index contributed by atoms with van der Waals surface area (Å²) >= 11 is 0. The highest BCUT2D eigenvalue weighted by molar-refractivity contribution is 6.38. The third-order valence-corrected chi connectivity index (χ3v) is 10.1. The Morgan fingerprint density at radius 3 is 2.08 bits per heavy atom. The average Bonchev–Trinajstić information content (AvgIpc) is 3.29. The zero-order valence-corrected chi connectivity index (χ0v) is 30.2. The summed E-state index contributed by atoms with van der Waals surface area (Å²) in [5.41, 5.74) is -1.51. The summed E-state index contributed by atoms with van der Waals surface area (Å²) in [5, 5.41) is 11.0. The molecule has 13 heteroatoms. The molecule has 0 radical (unpaired) electrons. The van der Waals surface area contributed by atoms with Crippen molar-refractivity contribution in [2.75, 3.05) is 19.6 Å². The lowest BCUT2D eigenvalue weighted by Gasteiger charge is -2.39. The first-order valence-corrected chi connectivity index (χ1v) is 17.1. The van der Waals surface area contributed by atoms with Crippen LogP contribution in [0.15, 0.2) is 12.7 Å². The average molecular weight is 673 g/mol. The fraction of sp³-hybridized carbons (Fsp3) is 0.743. The molecule has 0 aromatic carbocycles. The fourth-order valence-corrected chi connectivity index (χ4v) is 6.91. The first-order valence-electron chi connectivity index (χ1n) is 17.1. The van der Waals surface area contributed by atoms with E-state index in [0.717, 1.165) is 0 Å². The summed E-state index contributed by atoms with van der Waals surface area (Å²) in [6, 6.07) is -4.22. The maximum Gasteiger partial charge on any atom is 0.315 e. The predicted molar refractivity (Wildman–Crippen MR) is 180 cm³/mol. The summed E-state index contributed by atoms with van der Waals surface area (Å²) in [5.74, 6) is -3.18. The van der Waals surface area contributed by atoms with Crippen molar-refractivity contribution in [2.45, 2.75) is 119 Å². The van der Waals surface area contributed by atoms with Gasteiger partial charge in [-0.3, -0.25) is 33.7 Å². The first kappa shape index (κ1) is 38.7. The van der Waals surface area contributed by atoms with Crippen molar-refractivity contribution in [2.24, 2.45) is 28.1 Å². The van der Waals surface area contributed by atoms with E-state index in [1.165, 1.54) is 15.9 Å². The molecule has 1 saturated carbocycles. The first-order chi connectivity index (χ1) is 22.2. The maximum atomic E-state index is 14.3. The van der Waals surface area contributed by atoms with Gasteiger partial charge in [0, 0.05) is 32.5 Å². The van der Waals surface area contributed by atoms with E-state index in [4.69, 9.17) is 0 Å². The Kier molecular flexibility index (Phi) is 11.9. The van der Waals surface area contributed by atoms with Gasteiger partial charge >= 0.3 is 6.03 Å². The molecule has 2 heterocycles. The van der Waals surface area contributed by atoms with Crippen LogP contribution >= 0.6 is 0 Å². The highest BCUT2D eigenvalue weighted by Gasteiger charge is 2.70. The van der Waals surface area contributed by atoms with E-state index >= 15 is 0 Å². The van der Waals surface area contributed by atoms with Gasteiger partial charge in [0.25, 0.3) is 5.91 Å². The van der Waals surface area contributed by atoms with Crippen molar-refractivity contribution in [3.63, 3.8) is 0 Å². The molecule has 0 bridgehead atoms. The maximum absolute atomic E-state index is 14.3. The van der Waals surface area contributed by atoms with Crippen molar-refractivity contribution in [3.8, 4) is 0 Å². The van der Waals surface area contributed by atoms with Crippen LogP contribution in [-0.2, 0) is 28.8 Å². The Bertz CT molecular complexity index is 1300. The smallest absolute Gasteiger partial charge is 0.315 e. The van der Waals surface area contributed by atoms with Gasteiger partial charge in [-0.15, -0.1) is 6.58 Å². The number of amides is 7. The number of fused-ring (bicyclic) bond motifs is 1. The van der Waals surface area contributed by atoms with Crippen LogP contribution in [0.5, 0.6) is 0 Å². The molecule has 7 amide bonds. The minimum absolute atomic E-state index is 0.0127.